The van der Waals surface area contributed by atoms with Gasteiger partial charge in [-0.3, -0.25) is 4.79 Å². The number of hydrogen-bond donors (Lipinski definition) is 0. The standard InChI is InChI=1S/C23H20BrNO3/c24-15-22(26)25(16-18-8-6-7-17-13-14-27-23(17)18)20-11-4-5-12-21(20)28-19-9-2-1-3-10-19/h1-12H,13-16H2. The van der Waals surface area contributed by atoms with Crippen LogP contribution in [0.4, 0.5) is 5.69 Å². The first-order valence-electron chi connectivity index (χ1n) is 9.18. The minimum Gasteiger partial charge on any atom is -0.493 e. The Labute approximate surface area is 172 Å². The van der Waals surface area contributed by atoms with Crippen molar-refractivity contribution in [3.8, 4) is 17.2 Å². The number of alkyl halides is 1. The van der Waals surface area contributed by atoms with Crippen LogP contribution in [-0.2, 0) is 17.8 Å². The molecule has 1 amide bonds. The van der Waals surface area contributed by atoms with Crippen LogP contribution in [0.5, 0.6) is 17.2 Å². The first-order chi connectivity index (χ1) is 13.8. The second-order valence-electron chi connectivity index (χ2n) is 6.50. The van der Waals surface area contributed by atoms with Gasteiger partial charge >= 0.3 is 0 Å². The van der Waals surface area contributed by atoms with E-state index < -0.39 is 0 Å². The molecule has 1 aliphatic rings. The second kappa shape index (κ2) is 8.48. The first kappa shape index (κ1) is 18.6. The number of nitrogens with zero attached hydrogens (tertiary/aromatic N) is 1. The Bertz CT molecular complexity index is 975. The van der Waals surface area contributed by atoms with Gasteiger partial charge in [0.25, 0.3) is 0 Å². The highest BCUT2D eigenvalue weighted by Crippen LogP contribution is 2.36. The Morgan fingerprint density at radius 2 is 1.79 bits per heavy atom. The predicted molar refractivity (Wildman–Crippen MR) is 114 cm³/mol. The quantitative estimate of drug-likeness (QED) is 0.488. The minimum absolute atomic E-state index is 0.0419. The van der Waals surface area contributed by atoms with Crippen molar-refractivity contribution in [3.05, 3.63) is 83.9 Å². The number of carbonyl (C=O) groups is 1. The summed E-state index contributed by atoms with van der Waals surface area (Å²) in [7, 11) is 0. The van der Waals surface area contributed by atoms with E-state index in [0.29, 0.717) is 18.9 Å². The van der Waals surface area contributed by atoms with Gasteiger partial charge in [0.1, 0.15) is 11.5 Å². The van der Waals surface area contributed by atoms with Crippen molar-refractivity contribution in [2.75, 3.05) is 16.8 Å². The van der Waals surface area contributed by atoms with Crippen molar-refractivity contribution in [2.24, 2.45) is 0 Å². The maximum Gasteiger partial charge on any atom is 0.238 e. The Morgan fingerprint density at radius 1 is 1.00 bits per heavy atom. The van der Waals surface area contributed by atoms with Gasteiger partial charge < -0.3 is 14.4 Å². The normalized spacial score (nSPS) is 12.2. The van der Waals surface area contributed by atoms with Crippen molar-refractivity contribution >= 4 is 27.5 Å². The molecule has 142 valence electrons. The van der Waals surface area contributed by atoms with Crippen LogP contribution in [-0.4, -0.2) is 17.8 Å². The molecule has 1 aliphatic heterocycles. The molecular formula is C23H20BrNO3. The van der Waals surface area contributed by atoms with Gasteiger partial charge in [-0.2, -0.15) is 0 Å². The van der Waals surface area contributed by atoms with E-state index in [4.69, 9.17) is 9.47 Å². The molecule has 0 unspecified atom stereocenters. The van der Waals surface area contributed by atoms with Gasteiger partial charge in [0.2, 0.25) is 5.91 Å². The largest absolute Gasteiger partial charge is 0.493 e. The molecule has 0 N–H and O–H groups in total. The number of amides is 1. The number of rotatable bonds is 6. The lowest BCUT2D eigenvalue weighted by molar-refractivity contribution is -0.116. The van der Waals surface area contributed by atoms with E-state index in [-0.39, 0.29) is 11.2 Å². The summed E-state index contributed by atoms with van der Waals surface area (Å²) in [6.45, 7) is 1.11. The second-order valence-corrected chi connectivity index (χ2v) is 7.06. The average Bonchev–Trinajstić information content (AvgIpc) is 3.22. The number of fused-ring (bicyclic) bond motifs is 1. The van der Waals surface area contributed by atoms with Crippen molar-refractivity contribution < 1.29 is 14.3 Å². The predicted octanol–water partition coefficient (Wildman–Crippen LogP) is 5.34. The number of para-hydroxylation sites is 4. The summed E-state index contributed by atoms with van der Waals surface area (Å²) in [6, 6.07) is 23.3. The van der Waals surface area contributed by atoms with Crippen LogP contribution in [0.1, 0.15) is 11.1 Å². The molecule has 0 radical (unpaired) electrons. The minimum atomic E-state index is -0.0419. The van der Waals surface area contributed by atoms with Crippen molar-refractivity contribution in [3.63, 3.8) is 0 Å². The lowest BCUT2D eigenvalue weighted by Gasteiger charge is -2.25. The summed E-state index contributed by atoms with van der Waals surface area (Å²) < 4.78 is 11.9. The highest BCUT2D eigenvalue weighted by Gasteiger charge is 2.23. The molecule has 4 nitrogen and oxygen atoms in total. The summed E-state index contributed by atoms with van der Waals surface area (Å²) in [5.41, 5.74) is 2.92. The fraction of sp³-hybridized carbons (Fsp3) is 0.174. The van der Waals surface area contributed by atoms with Gasteiger partial charge in [0.05, 0.1) is 24.2 Å². The Kier molecular flexibility index (Phi) is 5.63. The molecule has 0 fully saturated rings. The van der Waals surface area contributed by atoms with Gasteiger partial charge in [-0.05, 0) is 29.8 Å². The summed E-state index contributed by atoms with van der Waals surface area (Å²) in [5, 5.41) is 0.225. The van der Waals surface area contributed by atoms with E-state index in [1.165, 1.54) is 5.56 Å². The molecule has 0 bridgehead atoms. The first-order valence-corrected chi connectivity index (χ1v) is 10.3. The zero-order valence-electron chi connectivity index (χ0n) is 15.3. The van der Waals surface area contributed by atoms with Gasteiger partial charge in [-0.25, -0.2) is 0 Å². The molecule has 3 aromatic rings. The summed E-state index contributed by atoms with van der Waals surface area (Å²) >= 11 is 3.32. The van der Waals surface area contributed by atoms with Crippen LogP contribution in [0.2, 0.25) is 0 Å². The topological polar surface area (TPSA) is 38.8 Å². The molecular weight excluding hydrogens is 418 g/mol. The smallest absolute Gasteiger partial charge is 0.238 e. The summed E-state index contributed by atoms with van der Waals surface area (Å²) in [4.78, 5) is 14.5. The Balaban J connectivity index is 1.69. The third-order valence-corrected chi connectivity index (χ3v) is 5.15. The van der Waals surface area contributed by atoms with Gasteiger partial charge in [0.15, 0.2) is 5.75 Å². The monoisotopic (exact) mass is 437 g/mol. The van der Waals surface area contributed by atoms with E-state index >= 15 is 0 Å². The van der Waals surface area contributed by atoms with Crippen molar-refractivity contribution in [2.45, 2.75) is 13.0 Å². The fourth-order valence-electron chi connectivity index (χ4n) is 3.34. The van der Waals surface area contributed by atoms with Crippen molar-refractivity contribution in [1.82, 2.24) is 0 Å². The average molecular weight is 438 g/mol. The molecule has 3 aromatic carbocycles. The maximum absolute atomic E-state index is 12.8. The highest BCUT2D eigenvalue weighted by atomic mass is 79.9. The molecule has 0 saturated heterocycles. The molecule has 1 heterocycles. The molecule has 4 rings (SSSR count). The maximum atomic E-state index is 12.8. The summed E-state index contributed by atoms with van der Waals surface area (Å²) in [5.74, 6) is 2.22. The van der Waals surface area contributed by atoms with Crippen LogP contribution < -0.4 is 14.4 Å². The fourth-order valence-corrected chi connectivity index (χ4v) is 3.64. The molecule has 28 heavy (non-hydrogen) atoms. The third-order valence-electron chi connectivity index (χ3n) is 4.67. The van der Waals surface area contributed by atoms with Crippen LogP contribution in [0.3, 0.4) is 0 Å². The molecule has 0 saturated carbocycles. The third kappa shape index (κ3) is 3.90. The highest BCUT2D eigenvalue weighted by molar-refractivity contribution is 9.09. The van der Waals surface area contributed by atoms with Crippen LogP contribution >= 0.6 is 15.9 Å². The molecule has 0 spiro atoms. The van der Waals surface area contributed by atoms with E-state index in [1.807, 2.05) is 66.7 Å². The number of benzene rings is 3. The number of hydrogen-bond acceptors (Lipinski definition) is 3. The number of ether oxygens (including phenoxy) is 2. The molecule has 5 heteroatoms. The van der Waals surface area contributed by atoms with E-state index in [9.17, 15) is 4.79 Å². The van der Waals surface area contributed by atoms with Crippen LogP contribution in [0.15, 0.2) is 72.8 Å². The zero-order valence-corrected chi connectivity index (χ0v) is 16.9. The van der Waals surface area contributed by atoms with Gasteiger partial charge in [0, 0.05) is 12.0 Å². The molecule has 0 atom stereocenters. The lowest BCUT2D eigenvalue weighted by Crippen LogP contribution is -2.31. The SMILES string of the molecule is O=C(CBr)N(Cc1cccc2c1OCC2)c1ccccc1Oc1ccccc1. The summed E-state index contributed by atoms with van der Waals surface area (Å²) in [6.07, 6.45) is 0.906. The van der Waals surface area contributed by atoms with E-state index in [1.54, 1.807) is 4.90 Å². The van der Waals surface area contributed by atoms with Crippen LogP contribution in [0, 0.1) is 0 Å². The van der Waals surface area contributed by atoms with Crippen molar-refractivity contribution in [1.29, 1.82) is 0 Å². The van der Waals surface area contributed by atoms with Gasteiger partial charge in [-0.15, -0.1) is 0 Å². The van der Waals surface area contributed by atoms with Crippen LogP contribution in [0.25, 0.3) is 0 Å². The number of anilines is 1. The zero-order chi connectivity index (χ0) is 19.3. The van der Waals surface area contributed by atoms with E-state index in [2.05, 4.69) is 22.0 Å². The number of halogens is 1. The Hall–Kier alpha value is -2.79. The molecule has 0 aliphatic carbocycles. The van der Waals surface area contributed by atoms with Gasteiger partial charge in [-0.1, -0.05) is 64.5 Å². The molecule has 0 aromatic heterocycles. The number of carbonyl (C=O) groups excluding carboxylic acids is 1. The Morgan fingerprint density at radius 3 is 2.61 bits per heavy atom. The lowest BCUT2D eigenvalue weighted by atomic mass is 10.1. The van der Waals surface area contributed by atoms with E-state index in [0.717, 1.165) is 29.2 Å².